The van der Waals surface area contributed by atoms with Crippen molar-refractivity contribution in [2.45, 2.75) is 20.4 Å². The van der Waals surface area contributed by atoms with Crippen molar-refractivity contribution < 1.29 is 33.1 Å². The lowest BCUT2D eigenvalue weighted by Crippen LogP contribution is -3.11. The van der Waals surface area contributed by atoms with Crippen molar-refractivity contribution in [3.8, 4) is 17.2 Å². The minimum Gasteiger partial charge on any atom is -0.494 e. The number of nitrogens with one attached hydrogen (secondary N) is 2. The van der Waals surface area contributed by atoms with Crippen LogP contribution in [0.3, 0.4) is 0 Å². The third-order valence-corrected chi connectivity index (χ3v) is 4.75. The fourth-order valence-corrected chi connectivity index (χ4v) is 3.18. The van der Waals surface area contributed by atoms with Crippen molar-refractivity contribution in [3.05, 3.63) is 47.3 Å². The van der Waals surface area contributed by atoms with Crippen LogP contribution in [0, 0.1) is 5.82 Å². The van der Waals surface area contributed by atoms with E-state index < -0.39 is 5.82 Å². The quantitative estimate of drug-likeness (QED) is 0.658. The summed E-state index contributed by atoms with van der Waals surface area (Å²) in [6.07, 6.45) is 0. The summed E-state index contributed by atoms with van der Waals surface area (Å²) >= 11 is 0. The molecule has 2 N–H and O–H groups in total. The van der Waals surface area contributed by atoms with Gasteiger partial charge in [-0.05, 0) is 38.1 Å². The molecule has 3 rings (SSSR count). The minimum atomic E-state index is -0.434. The molecular weight excluding hydrogens is 379 g/mol. The number of carbonyl (C=O) groups is 2. The molecule has 2 aromatic rings. The average molecular weight is 403 g/mol. The number of hydrogen-bond acceptors (Lipinski definition) is 5. The standard InChI is InChI=1S/C21H23FN2O5/c1-4-24(10-14-5-6-18(27-3)16(22)7-14)11-21(26)23-17-9-20-19(28-12-29-20)8-15(17)13(2)25/h5-9H,4,10-12H2,1-3H3,(H,23,26)/p+1. The Kier molecular flexibility index (Phi) is 6.33. The summed E-state index contributed by atoms with van der Waals surface area (Å²) in [6, 6.07) is 7.94. The molecule has 154 valence electrons. The van der Waals surface area contributed by atoms with E-state index in [-0.39, 0.29) is 30.8 Å². The predicted octanol–water partition coefficient (Wildman–Crippen LogP) is 1.81. The molecule has 0 saturated heterocycles. The molecule has 0 fully saturated rings. The molecule has 0 bridgehead atoms. The normalized spacial score (nSPS) is 13.1. The smallest absolute Gasteiger partial charge is 0.279 e. The number of ketones is 1. The van der Waals surface area contributed by atoms with Gasteiger partial charge < -0.3 is 24.4 Å². The van der Waals surface area contributed by atoms with Crippen LogP contribution >= 0.6 is 0 Å². The fourth-order valence-electron chi connectivity index (χ4n) is 3.18. The number of hydrogen-bond donors (Lipinski definition) is 2. The van der Waals surface area contributed by atoms with E-state index in [1.54, 1.807) is 24.3 Å². The van der Waals surface area contributed by atoms with Gasteiger partial charge in [-0.25, -0.2) is 4.39 Å². The van der Waals surface area contributed by atoms with Gasteiger partial charge >= 0.3 is 0 Å². The van der Waals surface area contributed by atoms with Crippen LogP contribution in [-0.4, -0.2) is 38.7 Å². The van der Waals surface area contributed by atoms with Crippen LogP contribution in [0.5, 0.6) is 17.2 Å². The van der Waals surface area contributed by atoms with Gasteiger partial charge in [0.05, 0.1) is 19.3 Å². The number of likely N-dealkylation sites (N-methyl/N-ethyl adjacent to an activating group) is 1. The molecule has 2 aromatic carbocycles. The fraction of sp³-hybridized carbons (Fsp3) is 0.333. The number of anilines is 1. The Morgan fingerprint density at radius 2 is 1.93 bits per heavy atom. The second-order valence-corrected chi connectivity index (χ2v) is 6.78. The predicted molar refractivity (Wildman–Crippen MR) is 104 cm³/mol. The molecule has 1 aliphatic heterocycles. The lowest BCUT2D eigenvalue weighted by Gasteiger charge is -2.18. The van der Waals surface area contributed by atoms with E-state index in [1.165, 1.54) is 20.1 Å². The van der Waals surface area contributed by atoms with Crippen LogP contribution in [-0.2, 0) is 11.3 Å². The number of quaternary nitrogens is 1. The van der Waals surface area contributed by atoms with E-state index >= 15 is 0 Å². The summed E-state index contributed by atoms with van der Waals surface area (Å²) in [5.74, 6) is 0.277. The summed E-state index contributed by atoms with van der Waals surface area (Å²) in [4.78, 5) is 25.5. The number of benzene rings is 2. The summed E-state index contributed by atoms with van der Waals surface area (Å²) in [5.41, 5.74) is 1.51. The van der Waals surface area contributed by atoms with Crippen molar-refractivity contribution in [1.82, 2.24) is 0 Å². The number of ether oxygens (including phenoxy) is 3. The highest BCUT2D eigenvalue weighted by atomic mass is 19.1. The zero-order valence-electron chi connectivity index (χ0n) is 16.6. The maximum absolute atomic E-state index is 13.9. The molecule has 1 heterocycles. The largest absolute Gasteiger partial charge is 0.494 e. The SMILES string of the molecule is CC[NH+](CC(=O)Nc1cc2c(cc1C(C)=O)OCO2)Cc1ccc(OC)c(F)c1. The van der Waals surface area contributed by atoms with Gasteiger partial charge in [-0.2, -0.15) is 0 Å². The first kappa shape index (κ1) is 20.6. The summed E-state index contributed by atoms with van der Waals surface area (Å²) in [6.45, 7) is 4.76. The van der Waals surface area contributed by atoms with Crippen molar-refractivity contribution >= 4 is 17.4 Å². The summed E-state index contributed by atoms with van der Waals surface area (Å²) in [7, 11) is 1.41. The molecule has 1 amide bonds. The topological polar surface area (TPSA) is 78.3 Å². The third-order valence-electron chi connectivity index (χ3n) is 4.75. The van der Waals surface area contributed by atoms with Crippen LogP contribution in [0.2, 0.25) is 0 Å². The van der Waals surface area contributed by atoms with Crippen molar-refractivity contribution in [3.63, 3.8) is 0 Å². The molecule has 0 radical (unpaired) electrons. The van der Waals surface area contributed by atoms with Gasteiger partial charge in [0.25, 0.3) is 5.91 Å². The van der Waals surface area contributed by atoms with E-state index in [1.807, 2.05) is 6.92 Å². The van der Waals surface area contributed by atoms with Crippen LogP contribution in [0.1, 0.15) is 29.8 Å². The maximum Gasteiger partial charge on any atom is 0.279 e. The first-order valence-corrected chi connectivity index (χ1v) is 9.31. The van der Waals surface area contributed by atoms with Gasteiger partial charge in [0.2, 0.25) is 6.79 Å². The highest BCUT2D eigenvalue weighted by molar-refractivity contribution is 6.04. The van der Waals surface area contributed by atoms with Crippen LogP contribution in [0.25, 0.3) is 0 Å². The Labute approximate surface area is 168 Å². The number of halogens is 1. The molecule has 0 aliphatic carbocycles. The number of amides is 1. The second-order valence-electron chi connectivity index (χ2n) is 6.78. The highest BCUT2D eigenvalue weighted by Crippen LogP contribution is 2.37. The number of carbonyl (C=O) groups excluding carboxylic acids is 2. The summed E-state index contributed by atoms with van der Waals surface area (Å²) < 4.78 is 29.5. The Balaban J connectivity index is 1.69. The van der Waals surface area contributed by atoms with Gasteiger partial charge in [0.15, 0.2) is 35.4 Å². The van der Waals surface area contributed by atoms with Crippen LogP contribution < -0.4 is 24.4 Å². The van der Waals surface area contributed by atoms with Crippen molar-refractivity contribution in [1.29, 1.82) is 0 Å². The Bertz CT molecular complexity index is 932. The van der Waals surface area contributed by atoms with E-state index in [0.29, 0.717) is 35.8 Å². The Hall–Kier alpha value is -3.13. The van der Waals surface area contributed by atoms with E-state index in [4.69, 9.17) is 14.2 Å². The van der Waals surface area contributed by atoms with Gasteiger partial charge in [-0.1, -0.05) is 0 Å². The molecule has 8 heteroatoms. The molecule has 0 saturated carbocycles. The molecule has 0 aromatic heterocycles. The lowest BCUT2D eigenvalue weighted by molar-refractivity contribution is -0.903. The third kappa shape index (κ3) is 4.83. The number of Topliss-reactive ketones (excluding diaryl/α,β-unsaturated/α-hetero) is 1. The molecule has 0 spiro atoms. The molecule has 7 nitrogen and oxygen atoms in total. The van der Waals surface area contributed by atoms with Gasteiger partial charge in [-0.3, -0.25) is 9.59 Å². The summed E-state index contributed by atoms with van der Waals surface area (Å²) in [5, 5.41) is 2.79. The number of rotatable bonds is 8. The molecule has 1 unspecified atom stereocenters. The number of methoxy groups -OCH3 is 1. The van der Waals surface area contributed by atoms with Crippen LogP contribution in [0.15, 0.2) is 30.3 Å². The van der Waals surface area contributed by atoms with Crippen LogP contribution in [0.4, 0.5) is 10.1 Å². The molecule has 29 heavy (non-hydrogen) atoms. The first-order chi connectivity index (χ1) is 13.9. The number of fused-ring (bicyclic) bond motifs is 1. The zero-order chi connectivity index (χ0) is 21.0. The second kappa shape index (κ2) is 8.91. The highest BCUT2D eigenvalue weighted by Gasteiger charge is 2.22. The van der Waals surface area contributed by atoms with Gasteiger partial charge in [0.1, 0.15) is 6.54 Å². The molecular formula is C21H24FN2O5+. The van der Waals surface area contributed by atoms with Gasteiger partial charge in [-0.15, -0.1) is 0 Å². The van der Waals surface area contributed by atoms with E-state index in [9.17, 15) is 14.0 Å². The van der Waals surface area contributed by atoms with Crippen molar-refractivity contribution in [2.24, 2.45) is 0 Å². The van der Waals surface area contributed by atoms with E-state index in [2.05, 4.69) is 5.32 Å². The van der Waals surface area contributed by atoms with E-state index in [0.717, 1.165) is 10.5 Å². The zero-order valence-corrected chi connectivity index (χ0v) is 16.6. The van der Waals surface area contributed by atoms with Crippen molar-refractivity contribution in [2.75, 3.05) is 32.3 Å². The average Bonchev–Trinajstić information content (AvgIpc) is 3.14. The first-order valence-electron chi connectivity index (χ1n) is 9.31. The lowest BCUT2D eigenvalue weighted by atomic mass is 10.1. The monoisotopic (exact) mass is 403 g/mol. The Morgan fingerprint density at radius 1 is 1.21 bits per heavy atom. The maximum atomic E-state index is 13.9. The minimum absolute atomic E-state index is 0.0796. The molecule has 1 aliphatic rings. The van der Waals surface area contributed by atoms with Gasteiger partial charge in [0, 0.05) is 17.2 Å². The molecule has 1 atom stereocenters. The Morgan fingerprint density at radius 3 is 2.55 bits per heavy atom.